The van der Waals surface area contributed by atoms with Crippen molar-refractivity contribution in [3.8, 4) is 10.6 Å². The first-order chi connectivity index (χ1) is 13.0. The number of likely N-dealkylation sites (N-methyl/N-ethyl adjacent to an activating group) is 2. The molecule has 0 bridgehead atoms. The fraction of sp³-hybridized carbons (Fsp3) is 0.368. The number of nitrogens with one attached hydrogen (secondary N) is 1. The Hall–Kier alpha value is -2.74. The molecule has 0 atom stereocenters. The van der Waals surface area contributed by atoms with Crippen LogP contribution in [0.15, 0.2) is 23.6 Å². The quantitative estimate of drug-likeness (QED) is 0.707. The van der Waals surface area contributed by atoms with Gasteiger partial charge in [0.15, 0.2) is 5.65 Å². The molecular weight excluding hydrogens is 362 g/mol. The zero-order valence-electron chi connectivity index (χ0n) is 15.9. The summed E-state index contributed by atoms with van der Waals surface area (Å²) in [6.07, 6.45) is 0. The van der Waals surface area contributed by atoms with Gasteiger partial charge in [-0.05, 0) is 38.3 Å². The van der Waals surface area contributed by atoms with Crippen LogP contribution in [0.5, 0.6) is 0 Å². The highest BCUT2D eigenvalue weighted by Gasteiger charge is 2.24. The molecule has 27 heavy (non-hydrogen) atoms. The Bertz CT molecular complexity index is 978. The van der Waals surface area contributed by atoms with Gasteiger partial charge in [-0.15, -0.1) is 11.3 Å². The number of hydrogen-bond acceptors (Lipinski definition) is 5. The Morgan fingerprint density at radius 3 is 2.74 bits per heavy atom. The van der Waals surface area contributed by atoms with Gasteiger partial charge in [-0.1, -0.05) is 6.07 Å². The van der Waals surface area contributed by atoms with Gasteiger partial charge in [-0.2, -0.15) is 5.10 Å². The van der Waals surface area contributed by atoms with Crippen LogP contribution in [0.2, 0.25) is 0 Å². The number of carbonyl (C=O) groups is 2. The van der Waals surface area contributed by atoms with Gasteiger partial charge >= 0.3 is 0 Å². The number of fused-ring (bicyclic) bond motifs is 1. The number of nitrogens with zero attached hydrogens (tertiary/aromatic N) is 4. The van der Waals surface area contributed by atoms with E-state index in [-0.39, 0.29) is 18.4 Å². The Balaban J connectivity index is 2.11. The summed E-state index contributed by atoms with van der Waals surface area (Å²) in [4.78, 5) is 32.5. The first-order valence-corrected chi connectivity index (χ1v) is 9.78. The minimum absolute atomic E-state index is 0.0284. The molecule has 2 amide bonds. The maximum Gasteiger partial charge on any atom is 0.255 e. The average Bonchev–Trinajstić information content (AvgIpc) is 3.27. The Morgan fingerprint density at radius 2 is 2.11 bits per heavy atom. The molecule has 0 aliphatic carbocycles. The number of amides is 2. The largest absolute Gasteiger partial charge is 0.355 e. The van der Waals surface area contributed by atoms with E-state index in [0.717, 1.165) is 21.7 Å². The van der Waals surface area contributed by atoms with Crippen molar-refractivity contribution in [3.05, 3.63) is 34.8 Å². The van der Waals surface area contributed by atoms with Crippen molar-refractivity contribution in [2.75, 3.05) is 19.6 Å². The van der Waals surface area contributed by atoms with E-state index in [2.05, 4.69) is 10.4 Å². The molecule has 0 saturated heterocycles. The van der Waals surface area contributed by atoms with Gasteiger partial charge in [0.2, 0.25) is 5.91 Å². The summed E-state index contributed by atoms with van der Waals surface area (Å²) in [5.74, 6) is -0.357. The summed E-state index contributed by atoms with van der Waals surface area (Å²) < 4.78 is 1.69. The Morgan fingerprint density at radius 1 is 1.33 bits per heavy atom. The molecule has 0 saturated carbocycles. The van der Waals surface area contributed by atoms with Gasteiger partial charge < -0.3 is 10.2 Å². The van der Waals surface area contributed by atoms with Gasteiger partial charge in [-0.25, -0.2) is 4.98 Å². The van der Waals surface area contributed by atoms with Crippen molar-refractivity contribution in [1.82, 2.24) is 25.0 Å². The summed E-state index contributed by atoms with van der Waals surface area (Å²) in [5, 5.41) is 9.89. The van der Waals surface area contributed by atoms with Gasteiger partial charge in [-0.3, -0.25) is 14.3 Å². The second-order valence-corrected chi connectivity index (χ2v) is 7.16. The topological polar surface area (TPSA) is 80.1 Å². The van der Waals surface area contributed by atoms with E-state index >= 15 is 0 Å². The number of aryl methyl sites for hydroxylation is 2. The number of aromatic nitrogens is 3. The number of thiophene rings is 1. The van der Waals surface area contributed by atoms with E-state index in [0.29, 0.717) is 24.3 Å². The molecular formula is C19H23N5O2S. The van der Waals surface area contributed by atoms with Crippen molar-refractivity contribution in [1.29, 1.82) is 0 Å². The molecule has 0 radical (unpaired) electrons. The third-order valence-corrected chi connectivity index (χ3v) is 5.24. The Kier molecular flexibility index (Phi) is 5.55. The van der Waals surface area contributed by atoms with Crippen LogP contribution in [0.4, 0.5) is 0 Å². The monoisotopic (exact) mass is 385 g/mol. The third kappa shape index (κ3) is 3.71. The van der Waals surface area contributed by atoms with Crippen LogP contribution in [0, 0.1) is 6.92 Å². The second kappa shape index (κ2) is 7.87. The Labute approximate surface area is 162 Å². The lowest BCUT2D eigenvalue weighted by molar-refractivity contribution is -0.121. The standard InChI is InChI=1S/C19H23N5O2S/c1-5-20-16(25)11-24(6-2)19(26)13-10-14(15-8-7-9-27-15)21-18-17(13)12(3)22-23(18)4/h7-10H,5-6,11H2,1-4H3,(H,20,25). The average molecular weight is 385 g/mol. The zero-order valence-corrected chi connectivity index (χ0v) is 16.8. The van der Waals surface area contributed by atoms with Gasteiger partial charge in [0, 0.05) is 20.1 Å². The molecule has 0 aliphatic heterocycles. The summed E-state index contributed by atoms with van der Waals surface area (Å²) in [6, 6.07) is 5.74. The predicted octanol–water partition coefficient (Wildman–Crippen LogP) is 2.60. The van der Waals surface area contributed by atoms with Crippen LogP contribution in [-0.4, -0.2) is 51.1 Å². The highest BCUT2D eigenvalue weighted by atomic mass is 32.1. The third-order valence-electron chi connectivity index (χ3n) is 4.35. The van der Waals surface area contributed by atoms with Crippen LogP contribution in [-0.2, 0) is 11.8 Å². The molecule has 3 aromatic heterocycles. The van der Waals surface area contributed by atoms with Gasteiger partial charge in [0.05, 0.1) is 33.8 Å². The van der Waals surface area contributed by atoms with E-state index in [1.807, 2.05) is 51.4 Å². The molecule has 0 fully saturated rings. The maximum absolute atomic E-state index is 13.3. The number of rotatable bonds is 6. The summed E-state index contributed by atoms with van der Waals surface area (Å²) in [6.45, 7) is 6.59. The molecule has 3 rings (SSSR count). The predicted molar refractivity (Wildman–Crippen MR) is 107 cm³/mol. The first-order valence-electron chi connectivity index (χ1n) is 8.90. The molecule has 3 aromatic rings. The van der Waals surface area contributed by atoms with Crippen molar-refractivity contribution >= 4 is 34.2 Å². The zero-order chi connectivity index (χ0) is 19.6. The smallest absolute Gasteiger partial charge is 0.255 e. The molecule has 8 heteroatoms. The number of pyridine rings is 1. The summed E-state index contributed by atoms with van der Waals surface area (Å²) >= 11 is 1.57. The summed E-state index contributed by atoms with van der Waals surface area (Å²) in [5.41, 5.74) is 2.67. The molecule has 142 valence electrons. The van der Waals surface area contributed by atoms with Crippen molar-refractivity contribution in [2.24, 2.45) is 7.05 Å². The number of hydrogen-bond donors (Lipinski definition) is 1. The normalized spacial score (nSPS) is 11.0. The van der Waals surface area contributed by atoms with E-state index in [1.165, 1.54) is 0 Å². The molecule has 0 unspecified atom stereocenters. The maximum atomic E-state index is 13.3. The van der Waals surface area contributed by atoms with E-state index in [9.17, 15) is 9.59 Å². The van der Waals surface area contributed by atoms with Crippen LogP contribution in [0.3, 0.4) is 0 Å². The molecule has 0 spiro atoms. The van der Waals surface area contributed by atoms with Gasteiger partial charge in [0.25, 0.3) is 5.91 Å². The second-order valence-electron chi connectivity index (χ2n) is 6.21. The lowest BCUT2D eigenvalue weighted by Gasteiger charge is -2.21. The van der Waals surface area contributed by atoms with Crippen molar-refractivity contribution < 1.29 is 9.59 Å². The number of carbonyl (C=O) groups excluding carboxylic acids is 2. The van der Waals surface area contributed by atoms with E-state index < -0.39 is 0 Å². The first kappa shape index (κ1) is 19.0. The van der Waals surface area contributed by atoms with E-state index in [4.69, 9.17) is 4.98 Å². The van der Waals surface area contributed by atoms with Crippen molar-refractivity contribution in [2.45, 2.75) is 20.8 Å². The van der Waals surface area contributed by atoms with Crippen LogP contribution in [0.25, 0.3) is 21.6 Å². The van der Waals surface area contributed by atoms with Crippen LogP contribution < -0.4 is 5.32 Å². The fourth-order valence-electron chi connectivity index (χ4n) is 3.09. The molecule has 0 aromatic carbocycles. The minimum atomic E-state index is -0.190. The molecule has 3 heterocycles. The lowest BCUT2D eigenvalue weighted by Crippen LogP contribution is -2.40. The molecule has 0 aliphatic rings. The highest BCUT2D eigenvalue weighted by molar-refractivity contribution is 7.13. The van der Waals surface area contributed by atoms with E-state index in [1.54, 1.807) is 20.9 Å². The summed E-state index contributed by atoms with van der Waals surface area (Å²) in [7, 11) is 1.82. The molecule has 1 N–H and O–H groups in total. The van der Waals surface area contributed by atoms with Crippen molar-refractivity contribution in [3.63, 3.8) is 0 Å². The minimum Gasteiger partial charge on any atom is -0.355 e. The SMILES string of the molecule is CCNC(=O)CN(CC)C(=O)c1cc(-c2cccs2)nc2c1c(C)nn2C. The highest BCUT2D eigenvalue weighted by Crippen LogP contribution is 2.29. The van der Waals surface area contributed by atoms with Crippen LogP contribution >= 0.6 is 11.3 Å². The van der Waals surface area contributed by atoms with Gasteiger partial charge in [0.1, 0.15) is 0 Å². The van der Waals surface area contributed by atoms with Crippen LogP contribution in [0.1, 0.15) is 29.9 Å². The fourth-order valence-corrected chi connectivity index (χ4v) is 3.77. The molecule has 7 nitrogen and oxygen atoms in total. The lowest BCUT2D eigenvalue weighted by atomic mass is 10.1.